The zero-order valence-corrected chi connectivity index (χ0v) is 18.1. The van der Waals surface area contributed by atoms with Gasteiger partial charge >= 0.3 is 0 Å². The van der Waals surface area contributed by atoms with E-state index >= 15 is 0 Å². The summed E-state index contributed by atoms with van der Waals surface area (Å²) in [6.07, 6.45) is 5.88. The second-order valence-corrected chi connectivity index (χ2v) is 8.76. The quantitative estimate of drug-likeness (QED) is 0.414. The SMILES string of the molecule is Nn1c(SCC(=O)NCc2ccc(-c3ccc(Cl)cc3)o2)nnc1C1CCCCC1. The molecule has 1 amide bonds. The van der Waals surface area contributed by atoms with Crippen LogP contribution in [0.4, 0.5) is 0 Å². The molecule has 3 N–H and O–H groups in total. The molecule has 0 spiro atoms. The van der Waals surface area contributed by atoms with Gasteiger partial charge in [0.1, 0.15) is 11.5 Å². The minimum atomic E-state index is -0.119. The second-order valence-electron chi connectivity index (χ2n) is 7.38. The largest absolute Gasteiger partial charge is 0.459 e. The first kappa shape index (κ1) is 20.8. The van der Waals surface area contributed by atoms with Crippen LogP contribution in [0.2, 0.25) is 5.02 Å². The highest BCUT2D eigenvalue weighted by Gasteiger charge is 2.22. The molecule has 2 aromatic heterocycles. The lowest BCUT2D eigenvalue weighted by Crippen LogP contribution is -2.25. The Hall–Kier alpha value is -2.45. The maximum Gasteiger partial charge on any atom is 0.230 e. The fourth-order valence-electron chi connectivity index (χ4n) is 3.63. The van der Waals surface area contributed by atoms with Gasteiger partial charge in [0.15, 0.2) is 5.82 Å². The van der Waals surface area contributed by atoms with E-state index in [1.807, 2.05) is 36.4 Å². The van der Waals surface area contributed by atoms with E-state index in [0.717, 1.165) is 30.0 Å². The molecular formula is C21H24ClN5O2S. The van der Waals surface area contributed by atoms with Gasteiger partial charge in [-0.05, 0) is 49.2 Å². The van der Waals surface area contributed by atoms with Crippen molar-refractivity contribution in [3.63, 3.8) is 0 Å². The van der Waals surface area contributed by atoms with E-state index in [2.05, 4.69) is 15.5 Å². The molecule has 0 unspecified atom stereocenters. The van der Waals surface area contributed by atoms with Gasteiger partial charge in [-0.2, -0.15) is 0 Å². The number of carbonyl (C=O) groups excluding carboxylic acids is 1. The number of furan rings is 1. The Balaban J connectivity index is 1.27. The van der Waals surface area contributed by atoms with Crippen LogP contribution >= 0.6 is 23.4 Å². The van der Waals surface area contributed by atoms with Gasteiger partial charge in [-0.3, -0.25) is 4.79 Å². The molecule has 0 radical (unpaired) electrons. The Bertz CT molecular complexity index is 995. The molecule has 2 heterocycles. The molecule has 30 heavy (non-hydrogen) atoms. The van der Waals surface area contributed by atoms with E-state index in [4.69, 9.17) is 21.9 Å². The van der Waals surface area contributed by atoms with E-state index in [0.29, 0.717) is 28.4 Å². The highest BCUT2D eigenvalue weighted by molar-refractivity contribution is 7.99. The summed E-state index contributed by atoms with van der Waals surface area (Å²) in [7, 11) is 0. The maximum atomic E-state index is 12.2. The van der Waals surface area contributed by atoms with Crippen LogP contribution in [0.15, 0.2) is 46.0 Å². The molecule has 1 saturated carbocycles. The molecule has 0 atom stereocenters. The van der Waals surface area contributed by atoms with Gasteiger partial charge in [0.25, 0.3) is 0 Å². The van der Waals surface area contributed by atoms with Gasteiger partial charge in [0.05, 0.1) is 12.3 Å². The number of carbonyl (C=O) groups is 1. The molecule has 7 nitrogen and oxygen atoms in total. The third kappa shape index (κ3) is 4.99. The van der Waals surface area contributed by atoms with Crippen LogP contribution in [0.25, 0.3) is 11.3 Å². The summed E-state index contributed by atoms with van der Waals surface area (Å²) in [5.41, 5.74) is 0.934. The topological polar surface area (TPSA) is 99.0 Å². The van der Waals surface area contributed by atoms with Crippen LogP contribution in [0.1, 0.15) is 49.6 Å². The lowest BCUT2D eigenvalue weighted by Gasteiger charge is -2.20. The zero-order chi connectivity index (χ0) is 20.9. The molecule has 0 aliphatic heterocycles. The number of nitrogens with zero attached hydrogens (tertiary/aromatic N) is 3. The number of thioether (sulfide) groups is 1. The molecule has 1 fully saturated rings. The third-order valence-electron chi connectivity index (χ3n) is 5.24. The average Bonchev–Trinajstić information content (AvgIpc) is 3.39. The third-order valence-corrected chi connectivity index (χ3v) is 6.44. The molecule has 1 aliphatic carbocycles. The highest BCUT2D eigenvalue weighted by atomic mass is 35.5. The van der Waals surface area contributed by atoms with Gasteiger partial charge < -0.3 is 15.6 Å². The van der Waals surface area contributed by atoms with E-state index in [1.54, 1.807) is 4.68 Å². The van der Waals surface area contributed by atoms with Crippen LogP contribution < -0.4 is 11.2 Å². The number of rotatable bonds is 7. The van der Waals surface area contributed by atoms with Crippen LogP contribution in [-0.2, 0) is 11.3 Å². The minimum Gasteiger partial charge on any atom is -0.459 e. The van der Waals surface area contributed by atoms with Crippen molar-refractivity contribution in [1.29, 1.82) is 0 Å². The summed E-state index contributed by atoms with van der Waals surface area (Å²) in [5.74, 6) is 8.87. The number of aromatic nitrogens is 3. The predicted molar refractivity (Wildman–Crippen MR) is 118 cm³/mol. The molecule has 0 saturated heterocycles. The number of hydrogen-bond acceptors (Lipinski definition) is 6. The fourth-order valence-corrected chi connectivity index (χ4v) is 4.45. The summed E-state index contributed by atoms with van der Waals surface area (Å²) in [6, 6.07) is 11.1. The van der Waals surface area contributed by atoms with Crippen LogP contribution in [0.5, 0.6) is 0 Å². The van der Waals surface area contributed by atoms with Gasteiger partial charge in [-0.25, -0.2) is 4.68 Å². The Morgan fingerprint density at radius 2 is 1.93 bits per heavy atom. The van der Waals surface area contributed by atoms with E-state index < -0.39 is 0 Å². The monoisotopic (exact) mass is 445 g/mol. The number of amides is 1. The normalized spacial score (nSPS) is 14.7. The van der Waals surface area contributed by atoms with Crippen molar-refractivity contribution in [3.8, 4) is 11.3 Å². The molecule has 1 aliphatic rings. The minimum absolute atomic E-state index is 0.119. The number of hydrogen-bond donors (Lipinski definition) is 2. The summed E-state index contributed by atoms with van der Waals surface area (Å²) >= 11 is 7.20. The van der Waals surface area contributed by atoms with Gasteiger partial charge in [0, 0.05) is 16.5 Å². The molecule has 1 aromatic carbocycles. The van der Waals surface area contributed by atoms with Crippen molar-refractivity contribution in [3.05, 3.63) is 53.0 Å². The summed E-state index contributed by atoms with van der Waals surface area (Å²) < 4.78 is 7.34. The second kappa shape index (κ2) is 9.57. The van der Waals surface area contributed by atoms with Crippen LogP contribution in [0, 0.1) is 0 Å². The number of benzene rings is 1. The van der Waals surface area contributed by atoms with Crippen molar-refractivity contribution in [2.75, 3.05) is 11.6 Å². The maximum absolute atomic E-state index is 12.2. The number of halogens is 1. The standard InChI is InChI=1S/C21H24ClN5O2S/c22-16-8-6-14(7-9-16)18-11-10-17(29-18)12-24-19(28)13-30-21-26-25-20(27(21)23)15-4-2-1-3-5-15/h6-11,15H,1-5,12-13,23H2,(H,24,28). The molecule has 9 heteroatoms. The van der Waals surface area contributed by atoms with E-state index in [9.17, 15) is 4.79 Å². The van der Waals surface area contributed by atoms with Crippen molar-refractivity contribution < 1.29 is 9.21 Å². The van der Waals surface area contributed by atoms with E-state index in [-0.39, 0.29) is 11.7 Å². The molecular weight excluding hydrogens is 422 g/mol. The molecule has 158 valence electrons. The van der Waals surface area contributed by atoms with Crippen LogP contribution in [-0.4, -0.2) is 26.5 Å². The van der Waals surface area contributed by atoms with Gasteiger partial charge in [0.2, 0.25) is 11.1 Å². The Morgan fingerprint density at radius 3 is 2.70 bits per heavy atom. The zero-order valence-electron chi connectivity index (χ0n) is 16.5. The van der Waals surface area contributed by atoms with Crippen molar-refractivity contribution in [2.24, 2.45) is 0 Å². The predicted octanol–water partition coefficient (Wildman–Crippen LogP) is 4.36. The number of nitrogens with one attached hydrogen (secondary N) is 1. The first-order chi connectivity index (χ1) is 14.6. The Morgan fingerprint density at radius 1 is 1.17 bits per heavy atom. The average molecular weight is 446 g/mol. The van der Waals surface area contributed by atoms with Gasteiger partial charge in [-0.15, -0.1) is 10.2 Å². The Kier molecular flexibility index (Phi) is 6.64. The van der Waals surface area contributed by atoms with Crippen molar-refractivity contribution in [1.82, 2.24) is 20.2 Å². The number of nitrogen functional groups attached to an aromatic ring is 1. The lowest BCUT2D eigenvalue weighted by atomic mass is 9.89. The smallest absolute Gasteiger partial charge is 0.230 e. The molecule has 3 aromatic rings. The van der Waals surface area contributed by atoms with E-state index in [1.165, 1.54) is 31.0 Å². The van der Waals surface area contributed by atoms with Crippen molar-refractivity contribution in [2.45, 2.75) is 49.7 Å². The van der Waals surface area contributed by atoms with Crippen LogP contribution in [0.3, 0.4) is 0 Å². The molecule has 4 rings (SSSR count). The molecule has 0 bridgehead atoms. The van der Waals surface area contributed by atoms with Crippen molar-refractivity contribution >= 4 is 29.3 Å². The summed E-state index contributed by atoms with van der Waals surface area (Å²) in [5, 5.41) is 12.5. The lowest BCUT2D eigenvalue weighted by molar-refractivity contribution is -0.118. The number of nitrogens with two attached hydrogens (primary N) is 1. The highest BCUT2D eigenvalue weighted by Crippen LogP contribution is 2.32. The first-order valence-electron chi connectivity index (χ1n) is 10.0. The summed E-state index contributed by atoms with van der Waals surface area (Å²) in [6.45, 7) is 0.315. The van der Waals surface area contributed by atoms with Gasteiger partial charge in [-0.1, -0.05) is 42.6 Å². The first-order valence-corrected chi connectivity index (χ1v) is 11.4. The Labute approximate surface area is 184 Å². The summed E-state index contributed by atoms with van der Waals surface area (Å²) in [4.78, 5) is 12.2. The fraction of sp³-hybridized carbons (Fsp3) is 0.381.